The first-order chi connectivity index (χ1) is 9.41. The van der Waals surface area contributed by atoms with Crippen LogP contribution in [0.4, 0.5) is 0 Å². The van der Waals surface area contributed by atoms with Gasteiger partial charge in [0.25, 0.3) is 0 Å². The Morgan fingerprint density at radius 3 is 2.85 bits per heavy atom. The molecule has 4 nitrogen and oxygen atoms in total. The number of ether oxygens (including phenoxy) is 1. The molecule has 0 radical (unpaired) electrons. The number of hydrogen-bond acceptors (Lipinski definition) is 3. The minimum atomic E-state index is -0.742. The zero-order valence-electron chi connectivity index (χ0n) is 12.6. The van der Waals surface area contributed by atoms with Crippen LogP contribution in [0.15, 0.2) is 6.20 Å². The lowest BCUT2D eigenvalue weighted by Crippen LogP contribution is -2.45. The molecule has 0 bridgehead atoms. The summed E-state index contributed by atoms with van der Waals surface area (Å²) >= 11 is 6.20. The molecule has 20 heavy (non-hydrogen) atoms. The standard InChI is InChI=1S/C15H23ClN2O2/c1-10(2)18-13(12(16)9-17-18)14(19)15(20-4)7-5-6-11(3)8-15/h9-11H,5-8H2,1-4H3. The van der Waals surface area contributed by atoms with E-state index in [1.807, 2.05) is 13.8 Å². The summed E-state index contributed by atoms with van der Waals surface area (Å²) in [6.45, 7) is 6.15. The second kappa shape index (κ2) is 5.86. The van der Waals surface area contributed by atoms with Crippen LogP contribution in [-0.4, -0.2) is 28.3 Å². The third kappa shape index (κ3) is 2.63. The molecule has 1 fully saturated rings. The molecule has 1 aromatic rings. The maximum Gasteiger partial charge on any atom is 0.214 e. The number of ketones is 1. The van der Waals surface area contributed by atoms with Gasteiger partial charge in [-0.3, -0.25) is 9.48 Å². The summed E-state index contributed by atoms with van der Waals surface area (Å²) in [7, 11) is 1.62. The van der Waals surface area contributed by atoms with E-state index in [0.29, 0.717) is 16.6 Å². The van der Waals surface area contributed by atoms with Crippen LogP contribution in [0.2, 0.25) is 5.02 Å². The Labute approximate surface area is 125 Å². The molecule has 1 aromatic heterocycles. The van der Waals surface area contributed by atoms with Crippen LogP contribution >= 0.6 is 11.6 Å². The Bertz CT molecular complexity index is 498. The summed E-state index contributed by atoms with van der Waals surface area (Å²) in [5, 5.41) is 4.64. The summed E-state index contributed by atoms with van der Waals surface area (Å²) in [6.07, 6.45) is 5.21. The minimum absolute atomic E-state index is 0.0252. The first-order valence-electron chi connectivity index (χ1n) is 7.24. The summed E-state index contributed by atoms with van der Waals surface area (Å²) in [5.41, 5.74) is -0.258. The Hall–Kier alpha value is -0.870. The van der Waals surface area contributed by atoms with Gasteiger partial charge in [0.15, 0.2) is 0 Å². The Morgan fingerprint density at radius 2 is 2.30 bits per heavy atom. The summed E-state index contributed by atoms with van der Waals surface area (Å²) in [6, 6.07) is 0.0939. The van der Waals surface area contributed by atoms with Crippen LogP contribution in [0.25, 0.3) is 0 Å². The molecule has 1 heterocycles. The molecule has 112 valence electrons. The fourth-order valence-corrected chi connectivity index (χ4v) is 3.36. The summed E-state index contributed by atoms with van der Waals surface area (Å²) in [5.74, 6) is 0.463. The average molecular weight is 299 g/mol. The lowest BCUT2D eigenvalue weighted by atomic mass is 9.75. The molecule has 0 amide bonds. The van der Waals surface area contributed by atoms with Gasteiger partial charge in [0, 0.05) is 13.2 Å². The molecule has 2 unspecified atom stereocenters. The minimum Gasteiger partial charge on any atom is -0.370 e. The molecule has 1 saturated carbocycles. The van der Waals surface area contributed by atoms with Crippen LogP contribution in [0, 0.1) is 5.92 Å². The van der Waals surface area contributed by atoms with E-state index in [-0.39, 0.29) is 11.8 Å². The summed E-state index contributed by atoms with van der Waals surface area (Å²) < 4.78 is 7.37. The third-order valence-electron chi connectivity index (χ3n) is 4.22. The van der Waals surface area contributed by atoms with Crippen molar-refractivity contribution < 1.29 is 9.53 Å². The normalized spacial score (nSPS) is 27.0. The fraction of sp³-hybridized carbons (Fsp3) is 0.733. The zero-order valence-corrected chi connectivity index (χ0v) is 13.4. The lowest BCUT2D eigenvalue weighted by molar-refractivity contribution is -0.0310. The molecular weight excluding hydrogens is 276 g/mol. The first-order valence-corrected chi connectivity index (χ1v) is 7.62. The van der Waals surface area contributed by atoms with Crippen molar-refractivity contribution in [3.8, 4) is 0 Å². The second-order valence-corrected chi connectivity index (χ2v) is 6.52. The van der Waals surface area contributed by atoms with Gasteiger partial charge in [0.1, 0.15) is 11.3 Å². The van der Waals surface area contributed by atoms with Crippen LogP contribution in [0.3, 0.4) is 0 Å². The Kier molecular flexibility index (Phi) is 4.55. The quantitative estimate of drug-likeness (QED) is 0.792. The zero-order chi connectivity index (χ0) is 14.9. The van der Waals surface area contributed by atoms with E-state index in [2.05, 4.69) is 12.0 Å². The van der Waals surface area contributed by atoms with Crippen molar-refractivity contribution in [1.82, 2.24) is 9.78 Å². The van der Waals surface area contributed by atoms with Gasteiger partial charge in [-0.2, -0.15) is 5.10 Å². The molecule has 2 rings (SSSR count). The van der Waals surface area contributed by atoms with Gasteiger partial charge in [-0.05, 0) is 39.0 Å². The van der Waals surface area contributed by atoms with Gasteiger partial charge in [0.2, 0.25) is 5.78 Å². The van der Waals surface area contributed by atoms with Gasteiger partial charge in [-0.25, -0.2) is 0 Å². The van der Waals surface area contributed by atoms with E-state index >= 15 is 0 Å². The molecule has 5 heteroatoms. The van der Waals surface area contributed by atoms with Crippen molar-refractivity contribution >= 4 is 17.4 Å². The number of aromatic nitrogens is 2. The number of carbonyl (C=O) groups is 1. The molecule has 1 aliphatic rings. The van der Waals surface area contributed by atoms with Crippen molar-refractivity contribution in [3.05, 3.63) is 16.9 Å². The van der Waals surface area contributed by atoms with Gasteiger partial charge in [-0.15, -0.1) is 0 Å². The monoisotopic (exact) mass is 298 g/mol. The van der Waals surface area contributed by atoms with Gasteiger partial charge >= 0.3 is 0 Å². The maximum absolute atomic E-state index is 13.0. The highest BCUT2D eigenvalue weighted by Crippen LogP contribution is 2.38. The third-order valence-corrected chi connectivity index (χ3v) is 4.49. The molecule has 0 aromatic carbocycles. The van der Waals surface area contributed by atoms with Gasteiger partial charge < -0.3 is 4.74 Å². The van der Waals surface area contributed by atoms with E-state index in [9.17, 15) is 4.79 Å². The average Bonchev–Trinajstić information content (AvgIpc) is 2.79. The van der Waals surface area contributed by atoms with Gasteiger partial charge in [0.05, 0.1) is 11.2 Å². The molecule has 0 aliphatic heterocycles. The van der Waals surface area contributed by atoms with Crippen LogP contribution in [0.5, 0.6) is 0 Å². The topological polar surface area (TPSA) is 44.1 Å². The number of methoxy groups -OCH3 is 1. The molecular formula is C15H23ClN2O2. The number of carbonyl (C=O) groups excluding carboxylic acids is 1. The van der Waals surface area contributed by atoms with Crippen molar-refractivity contribution in [1.29, 1.82) is 0 Å². The number of rotatable bonds is 4. The highest BCUT2D eigenvalue weighted by atomic mass is 35.5. The summed E-state index contributed by atoms with van der Waals surface area (Å²) in [4.78, 5) is 13.0. The van der Waals surface area contributed by atoms with Crippen LogP contribution in [-0.2, 0) is 4.74 Å². The molecule has 0 saturated heterocycles. The van der Waals surface area contributed by atoms with Crippen molar-refractivity contribution in [2.45, 2.75) is 58.1 Å². The van der Waals surface area contributed by atoms with Crippen molar-refractivity contribution in [2.75, 3.05) is 7.11 Å². The fourth-order valence-electron chi connectivity index (χ4n) is 3.15. The van der Waals surface area contributed by atoms with E-state index in [4.69, 9.17) is 16.3 Å². The largest absolute Gasteiger partial charge is 0.370 e. The predicted octanol–water partition coefficient (Wildman–Crippen LogP) is 3.90. The lowest BCUT2D eigenvalue weighted by Gasteiger charge is -2.37. The van der Waals surface area contributed by atoms with Crippen LogP contribution < -0.4 is 0 Å². The highest BCUT2D eigenvalue weighted by Gasteiger charge is 2.44. The first kappa shape index (κ1) is 15.5. The number of hydrogen-bond donors (Lipinski definition) is 0. The number of halogens is 1. The maximum atomic E-state index is 13.0. The molecule has 2 atom stereocenters. The predicted molar refractivity (Wildman–Crippen MR) is 79.3 cm³/mol. The number of Topliss-reactive ketones (excluding diaryl/α,β-unsaturated/α-hetero) is 1. The Morgan fingerprint density at radius 1 is 1.60 bits per heavy atom. The Balaban J connectivity index is 2.41. The molecule has 0 spiro atoms. The number of nitrogens with zero attached hydrogens (tertiary/aromatic N) is 2. The van der Waals surface area contributed by atoms with Crippen molar-refractivity contribution in [3.63, 3.8) is 0 Å². The SMILES string of the molecule is COC1(C(=O)c2c(Cl)cnn2C(C)C)CCCC(C)C1. The van der Waals surface area contributed by atoms with E-state index < -0.39 is 5.60 Å². The molecule has 1 aliphatic carbocycles. The van der Waals surface area contributed by atoms with E-state index in [0.717, 1.165) is 25.7 Å². The van der Waals surface area contributed by atoms with Gasteiger partial charge in [-0.1, -0.05) is 24.9 Å². The highest BCUT2D eigenvalue weighted by molar-refractivity contribution is 6.34. The van der Waals surface area contributed by atoms with Crippen LogP contribution in [0.1, 0.15) is 63.0 Å². The van der Waals surface area contributed by atoms with E-state index in [1.165, 1.54) is 0 Å². The smallest absolute Gasteiger partial charge is 0.214 e. The second-order valence-electron chi connectivity index (χ2n) is 6.11. The molecule has 0 N–H and O–H groups in total. The van der Waals surface area contributed by atoms with E-state index in [1.54, 1.807) is 18.0 Å². The van der Waals surface area contributed by atoms with Crippen molar-refractivity contribution in [2.24, 2.45) is 5.92 Å².